The molecule has 13 nitrogen and oxygen atoms in total. The first-order valence-electron chi connectivity index (χ1n) is 20.6. The number of aliphatic carboxylic acids is 1. The van der Waals surface area contributed by atoms with Gasteiger partial charge in [0, 0.05) is 35.5 Å². The molecule has 0 amide bonds. The number of allylic oxidation sites excluding steroid dienone is 3. The number of aromatic nitrogens is 3. The number of rotatable bonds is 12. The maximum Gasteiger partial charge on any atom is 0.359 e. The molecule has 2 aromatic heterocycles. The Hall–Kier alpha value is -4.95. The van der Waals surface area contributed by atoms with E-state index in [9.17, 15) is 25.5 Å². The van der Waals surface area contributed by atoms with Gasteiger partial charge in [-0.1, -0.05) is 37.3 Å². The predicted molar refractivity (Wildman–Crippen MR) is 228 cm³/mol. The number of carboxylic acids is 1. The van der Waals surface area contributed by atoms with E-state index in [1.807, 2.05) is 61.5 Å². The van der Waals surface area contributed by atoms with Crippen molar-refractivity contribution in [3.8, 4) is 0 Å². The van der Waals surface area contributed by atoms with Gasteiger partial charge in [0.15, 0.2) is 6.54 Å². The molecule has 9 rings (SSSR count). The molecule has 3 atom stereocenters. The Morgan fingerprint density at radius 1 is 1.07 bits per heavy atom. The number of benzene rings is 1. The lowest BCUT2D eigenvalue weighted by atomic mass is 9.35. The topological polar surface area (TPSA) is 190 Å². The molecule has 0 spiro atoms. The zero-order valence-corrected chi connectivity index (χ0v) is 35.2. The van der Waals surface area contributed by atoms with Gasteiger partial charge in [-0.25, -0.2) is 14.8 Å². The van der Waals surface area contributed by atoms with Crippen molar-refractivity contribution in [3.05, 3.63) is 82.5 Å². The Morgan fingerprint density at radius 2 is 1.79 bits per heavy atom. The lowest BCUT2D eigenvalue weighted by molar-refractivity contribution is -0.872. The van der Waals surface area contributed by atoms with Gasteiger partial charge in [-0.3, -0.25) is 10.1 Å². The van der Waals surface area contributed by atoms with E-state index in [1.165, 1.54) is 43.4 Å². The second kappa shape index (κ2) is 14.7. The zero-order valence-electron chi connectivity index (χ0n) is 34.4. The van der Waals surface area contributed by atoms with Crippen molar-refractivity contribution in [2.24, 2.45) is 32.4 Å². The van der Waals surface area contributed by atoms with Crippen LogP contribution in [0.4, 0.5) is 5.13 Å². The molecule has 4 saturated carbocycles. The Balaban J connectivity index is 1.02. The molecule has 2 aliphatic heterocycles. The molecule has 3 aromatic rings. The van der Waals surface area contributed by atoms with E-state index in [0.29, 0.717) is 35.3 Å². The third-order valence-corrected chi connectivity index (χ3v) is 14.5. The number of aliphatic hydroxyl groups excluding tert-OH is 1. The number of likely N-dealkylation sites (tertiary alicyclic amines) is 1. The highest BCUT2D eigenvalue weighted by atomic mass is 32.1. The average Bonchev–Trinajstić information content (AvgIpc) is 3.70. The van der Waals surface area contributed by atoms with E-state index in [-0.39, 0.29) is 39.7 Å². The molecular formula is C44H58N9O4S+. The summed E-state index contributed by atoms with van der Waals surface area (Å²) in [6, 6.07) is 7.86. The summed E-state index contributed by atoms with van der Waals surface area (Å²) in [5.41, 5.74) is 12.4. The summed E-state index contributed by atoms with van der Waals surface area (Å²) in [5, 5.41) is 48.6. The van der Waals surface area contributed by atoms with Gasteiger partial charge >= 0.3 is 5.97 Å². The van der Waals surface area contributed by atoms with E-state index >= 15 is 0 Å². The first-order chi connectivity index (χ1) is 27.5. The number of dihydropyridines is 1. The molecule has 58 heavy (non-hydrogen) atoms. The minimum atomic E-state index is -0.827. The highest BCUT2D eigenvalue weighted by Crippen LogP contribution is 2.75. The van der Waals surface area contributed by atoms with Gasteiger partial charge in [-0.05, 0) is 130 Å². The number of likely N-dealkylation sites (N-methyl/N-ethyl adjacent to an activating group) is 1. The fourth-order valence-electron chi connectivity index (χ4n) is 12.6. The average molecular weight is 809 g/mol. The van der Waals surface area contributed by atoms with Gasteiger partial charge in [0.1, 0.15) is 23.2 Å². The third-order valence-electron chi connectivity index (χ3n) is 13.6. The second-order valence-corrected chi connectivity index (χ2v) is 20.0. The first kappa shape index (κ1) is 39.9. The molecule has 308 valence electrons. The molecule has 1 aromatic carbocycles. The molecule has 1 saturated heterocycles. The molecule has 0 radical (unpaired) electrons. The number of hydrogen-bond acceptors (Lipinski definition) is 9. The Morgan fingerprint density at radius 3 is 2.50 bits per heavy atom. The number of quaternary nitrogens is 1. The largest absolute Gasteiger partial charge is 0.480 e. The Bertz CT molecular complexity index is 2280. The van der Waals surface area contributed by atoms with Crippen molar-refractivity contribution in [1.29, 1.82) is 5.41 Å². The Kier molecular flexibility index (Phi) is 10.1. The molecular weight excluding hydrogens is 751 g/mol. The van der Waals surface area contributed by atoms with Gasteiger partial charge in [0.2, 0.25) is 5.13 Å². The highest BCUT2D eigenvalue weighted by Gasteiger charge is 2.65. The maximum atomic E-state index is 11.3. The van der Waals surface area contributed by atoms with Gasteiger partial charge in [0.25, 0.3) is 5.95 Å². The van der Waals surface area contributed by atoms with E-state index < -0.39 is 11.9 Å². The summed E-state index contributed by atoms with van der Waals surface area (Å²) >= 11 is 1.47. The summed E-state index contributed by atoms with van der Waals surface area (Å²) in [6.45, 7) is 11.3. The number of aliphatic imine (C=N–C) groups is 1. The summed E-state index contributed by atoms with van der Waals surface area (Å²) in [5.74, 6) is -0.402. The summed E-state index contributed by atoms with van der Waals surface area (Å²) in [4.78, 5) is 23.4. The van der Waals surface area contributed by atoms with Crippen molar-refractivity contribution in [1.82, 2.24) is 25.0 Å². The van der Waals surface area contributed by atoms with E-state index in [4.69, 9.17) is 10.8 Å². The molecule has 5 fully saturated rings. The lowest BCUT2D eigenvalue weighted by Crippen LogP contribution is -3.10. The number of amidine groups is 2. The molecule has 14 heteroatoms. The van der Waals surface area contributed by atoms with Crippen LogP contribution in [-0.4, -0.2) is 79.3 Å². The van der Waals surface area contributed by atoms with Crippen molar-refractivity contribution < 1.29 is 25.0 Å². The summed E-state index contributed by atoms with van der Waals surface area (Å²) < 4.78 is 3.17. The maximum absolute atomic E-state index is 11.3. The van der Waals surface area contributed by atoms with E-state index in [2.05, 4.69) is 40.7 Å². The normalized spacial score (nSPS) is 29.7. The fourth-order valence-corrected chi connectivity index (χ4v) is 13.5. The van der Waals surface area contributed by atoms with Crippen molar-refractivity contribution in [2.45, 2.75) is 98.4 Å². The van der Waals surface area contributed by atoms with Crippen LogP contribution in [0.2, 0.25) is 0 Å². The van der Waals surface area contributed by atoms with Gasteiger partial charge in [-0.2, -0.15) is 5.10 Å². The van der Waals surface area contributed by atoms with E-state index in [1.54, 1.807) is 0 Å². The van der Waals surface area contributed by atoms with Crippen LogP contribution in [0.3, 0.4) is 0 Å². The number of hydrogen-bond donors (Lipinski definition) is 7. The van der Waals surface area contributed by atoms with Crippen LogP contribution < -0.4 is 16.0 Å². The van der Waals surface area contributed by atoms with Crippen molar-refractivity contribution in [2.75, 3.05) is 26.7 Å². The number of nitrogens with one attached hydrogen (secondary N) is 3. The molecule has 4 aliphatic carbocycles. The van der Waals surface area contributed by atoms with Crippen molar-refractivity contribution in [3.63, 3.8) is 0 Å². The number of piperidine rings is 1. The van der Waals surface area contributed by atoms with E-state index in [0.717, 1.165) is 76.3 Å². The number of nitrogens with two attached hydrogens (primary N) is 1. The second-order valence-electron chi connectivity index (χ2n) is 19.0. The smallest absolute Gasteiger partial charge is 0.359 e. The Labute approximate surface area is 344 Å². The minimum absolute atomic E-state index is 0.108. The lowest BCUT2D eigenvalue weighted by Gasteiger charge is -2.70. The highest BCUT2D eigenvalue weighted by molar-refractivity contribution is 7.22. The molecule has 4 bridgehead atoms. The van der Waals surface area contributed by atoms with Crippen LogP contribution in [0, 0.1) is 34.0 Å². The summed E-state index contributed by atoms with van der Waals surface area (Å²) in [6.07, 6.45) is 16.5. The van der Waals surface area contributed by atoms with Crippen LogP contribution in [0.15, 0.2) is 76.2 Å². The standard InChI is InChI=1S/C44H57N9O4S/c1-27(37(45)50-40-48-32-11-6-7-12-33(32)58-40)29-10-8-17-52(38(29)46)34-14-13-30(36(49-34)39(56)57)31-18-47-53(28(31)2)26-44-23-41(3)20-42(4,24-44)22-43(21-41,25-44)15-9-16-51(5)19-35(54)55/h6-7,11-14,18,46,49,56-57H,8-10,15-17,19-26H2,1-5H3,(H,54,55)(H2,45,48,50)/p+1/b29-27-,46-38?. The van der Waals surface area contributed by atoms with Crippen LogP contribution in [0.1, 0.15) is 96.2 Å². The number of fused-ring (bicyclic) bond motifs is 1. The number of nitrogens with zero attached hydrogens (tertiary/aromatic N) is 5. The van der Waals surface area contributed by atoms with Crippen molar-refractivity contribution >= 4 is 49.9 Å². The van der Waals surface area contributed by atoms with Gasteiger partial charge in [-0.15, -0.1) is 0 Å². The number of aliphatic hydroxyl groups is 2. The number of carboxylic acid groups (broad SMARTS) is 1. The predicted octanol–water partition coefficient (Wildman–Crippen LogP) is 6.74. The monoisotopic (exact) mass is 808 g/mol. The zero-order chi connectivity index (χ0) is 41.2. The quantitative estimate of drug-likeness (QED) is 0.0591. The number of para-hydroxylation sites is 1. The van der Waals surface area contributed by atoms with Crippen LogP contribution in [-0.2, 0) is 11.3 Å². The molecule has 3 unspecified atom stereocenters. The molecule has 8 N–H and O–H groups in total. The van der Waals surface area contributed by atoms with Crippen LogP contribution in [0.25, 0.3) is 15.8 Å². The third kappa shape index (κ3) is 7.56. The minimum Gasteiger partial charge on any atom is -0.480 e. The van der Waals surface area contributed by atoms with Crippen LogP contribution in [0.5, 0.6) is 0 Å². The molecule has 6 aliphatic rings. The summed E-state index contributed by atoms with van der Waals surface area (Å²) in [7, 11) is 1.98. The van der Waals surface area contributed by atoms with Crippen LogP contribution >= 0.6 is 11.3 Å². The van der Waals surface area contributed by atoms with Gasteiger partial charge in [0.05, 0.1) is 30.0 Å². The first-order valence-corrected chi connectivity index (χ1v) is 21.4. The van der Waals surface area contributed by atoms with Gasteiger partial charge < -0.3 is 36.2 Å². The SMILES string of the molecule is CC(=C1\CCCN(C2=CC=C(c3cnn(CC45CC6(C)CC(C)(CC(CCC[NH+](C)CC(=O)O)(C6)C4)C5)c3C)C(=C(O)O)N2)C1=N)/C(N)=N\c1nc2ccccc2s1. The number of carbonyl (C=O) groups is 1. The number of thiazole rings is 1. The fraction of sp³-hybridized carbons (Fsp3) is 0.523. The molecule has 4 heterocycles.